The van der Waals surface area contributed by atoms with Crippen LogP contribution in [0.1, 0.15) is 77.7 Å². The number of alkyl halides is 1. The number of rotatable bonds is 19. The number of halogens is 1. The number of hydrogen-bond donors (Lipinski definition) is 1. The molecule has 332 valence electrons. The number of hydrogen-bond acceptors (Lipinski definition) is 17. The average molecular weight is 877 g/mol. The number of Topliss-reactive ketones (excluding diaryl/α,β-unsaturated/α-hetero) is 1. The second-order valence-corrected chi connectivity index (χ2v) is 16.6. The highest BCUT2D eigenvalue weighted by Gasteiger charge is 2.76. The summed E-state index contributed by atoms with van der Waals surface area (Å²) in [6.45, 7) is 3.97. The van der Waals surface area contributed by atoms with E-state index in [1.165, 1.54) is 37.5 Å². The van der Waals surface area contributed by atoms with E-state index in [9.17, 15) is 49.3 Å². The van der Waals surface area contributed by atoms with E-state index >= 15 is 0 Å². The van der Waals surface area contributed by atoms with Crippen molar-refractivity contribution < 1.29 is 72.6 Å². The Kier molecular flexibility index (Phi) is 14.5. The van der Waals surface area contributed by atoms with Crippen molar-refractivity contribution in [2.45, 2.75) is 88.7 Å². The molecule has 8 atom stereocenters. The standard InChI is InChI=1S/C41H49ClN2O17/c1-25-20-30-29-12-11-27-22-28(45)15-16-38(27,2)40(29,42)33(46)23-39(30,3)41(25,61-36(49)8-7-19-59-44(53)54)34(47)24-57-37(50)60-31-13-9-26(21-32(31)55-4)10-14-35(48)56-17-5-6-18-58-43(51)52/h9-11,13-16,21,25,29-30,33,46H,5-8,12,17-20,22-24H2,1-4H3/t25-,29?,30?,33-,38-,39-,40-,41-/m0/s1. The Bertz CT molecular complexity index is 2000. The van der Waals surface area contributed by atoms with Gasteiger partial charge < -0.3 is 38.5 Å². The van der Waals surface area contributed by atoms with Gasteiger partial charge in [-0.25, -0.2) is 9.59 Å². The number of nitrogens with zero attached hydrogens (tertiary/aromatic N) is 2. The fourth-order valence-corrected chi connectivity index (χ4v) is 10.3. The molecule has 4 aliphatic rings. The van der Waals surface area contributed by atoms with Gasteiger partial charge in [-0.2, -0.15) is 0 Å². The van der Waals surface area contributed by atoms with Crippen LogP contribution < -0.4 is 9.47 Å². The van der Waals surface area contributed by atoms with E-state index in [0.717, 1.165) is 11.6 Å². The molecule has 0 spiro atoms. The van der Waals surface area contributed by atoms with Crippen LogP contribution in [0, 0.1) is 48.8 Å². The molecule has 20 heteroatoms. The van der Waals surface area contributed by atoms with Gasteiger partial charge in [0, 0.05) is 35.7 Å². The predicted molar refractivity (Wildman–Crippen MR) is 211 cm³/mol. The maximum atomic E-state index is 14.7. The molecule has 0 bridgehead atoms. The number of benzene rings is 1. The van der Waals surface area contributed by atoms with Gasteiger partial charge in [0.05, 0.1) is 37.9 Å². The van der Waals surface area contributed by atoms with Gasteiger partial charge in [0.25, 0.3) is 10.2 Å². The van der Waals surface area contributed by atoms with Gasteiger partial charge in [0.1, 0.15) is 0 Å². The molecular formula is C41H49ClN2O17. The average Bonchev–Trinajstić information content (AvgIpc) is 3.42. The molecule has 0 radical (unpaired) electrons. The fourth-order valence-electron chi connectivity index (χ4n) is 9.84. The van der Waals surface area contributed by atoms with Crippen molar-refractivity contribution in [1.29, 1.82) is 0 Å². The summed E-state index contributed by atoms with van der Waals surface area (Å²) in [7, 11) is 1.31. The van der Waals surface area contributed by atoms with Crippen LogP contribution in [0.5, 0.6) is 11.5 Å². The third-order valence-electron chi connectivity index (χ3n) is 12.6. The summed E-state index contributed by atoms with van der Waals surface area (Å²) < 4.78 is 27.3. The van der Waals surface area contributed by atoms with Crippen molar-refractivity contribution in [1.82, 2.24) is 0 Å². The third-order valence-corrected chi connectivity index (χ3v) is 13.6. The van der Waals surface area contributed by atoms with Crippen molar-refractivity contribution in [3.63, 3.8) is 0 Å². The molecule has 4 aliphatic carbocycles. The Morgan fingerprint density at radius 3 is 2.36 bits per heavy atom. The smallest absolute Gasteiger partial charge is 0.493 e. The Morgan fingerprint density at radius 1 is 0.984 bits per heavy atom. The minimum atomic E-state index is -1.96. The van der Waals surface area contributed by atoms with Gasteiger partial charge in [0.15, 0.2) is 29.5 Å². The zero-order chi connectivity index (χ0) is 44.8. The summed E-state index contributed by atoms with van der Waals surface area (Å²) in [4.78, 5) is 94.0. The minimum absolute atomic E-state index is 0.0188. The van der Waals surface area contributed by atoms with E-state index in [2.05, 4.69) is 9.68 Å². The van der Waals surface area contributed by atoms with E-state index in [-0.39, 0.29) is 56.2 Å². The Morgan fingerprint density at radius 2 is 1.67 bits per heavy atom. The summed E-state index contributed by atoms with van der Waals surface area (Å²) in [6, 6.07) is 4.31. The van der Waals surface area contributed by atoms with Gasteiger partial charge >= 0.3 is 18.1 Å². The number of allylic oxidation sites excluding steroid dienone is 4. The SMILES string of the molecule is COc1cc(C=CC(=O)OCCCCO[N+](=O)[O-])ccc1OC(=O)OCC(=O)[C@@]1(OC(=O)CCCO[N+](=O)[O-])[C@@H](C)CC2C3CC=C4CC(=O)C=C[C@]4(C)[C@@]3(Cl)[C@@H](O)C[C@@]21C. The summed E-state index contributed by atoms with van der Waals surface area (Å²) in [5.41, 5.74) is -2.85. The highest BCUT2D eigenvalue weighted by Crippen LogP contribution is 2.71. The molecule has 0 amide bonds. The number of esters is 2. The molecule has 61 heavy (non-hydrogen) atoms. The monoisotopic (exact) mass is 876 g/mol. The molecular weight excluding hydrogens is 828 g/mol. The molecule has 5 rings (SSSR count). The molecule has 19 nitrogen and oxygen atoms in total. The number of aliphatic hydroxyl groups excluding tert-OH is 1. The lowest BCUT2D eigenvalue weighted by molar-refractivity contribution is -0.757. The van der Waals surface area contributed by atoms with E-state index in [0.29, 0.717) is 31.2 Å². The molecule has 1 N–H and O–H groups in total. The number of fused-ring (bicyclic) bond motifs is 5. The highest BCUT2D eigenvalue weighted by atomic mass is 35.5. The quantitative estimate of drug-likeness (QED) is 0.0208. The number of aliphatic hydroxyl groups is 1. The summed E-state index contributed by atoms with van der Waals surface area (Å²) in [5, 5.41) is 31.1. The van der Waals surface area contributed by atoms with Gasteiger partial charge in [0.2, 0.25) is 5.78 Å². The summed E-state index contributed by atoms with van der Waals surface area (Å²) >= 11 is 7.58. The van der Waals surface area contributed by atoms with Crippen molar-refractivity contribution in [2.75, 3.05) is 33.5 Å². The van der Waals surface area contributed by atoms with Crippen molar-refractivity contribution in [3.05, 3.63) is 73.9 Å². The molecule has 2 unspecified atom stereocenters. The molecule has 0 heterocycles. The lowest BCUT2D eigenvalue weighted by Crippen LogP contribution is -2.69. The largest absolute Gasteiger partial charge is 0.514 e. The van der Waals surface area contributed by atoms with E-state index < -0.39 is 92.4 Å². The molecule has 2 fully saturated rings. The van der Waals surface area contributed by atoms with Gasteiger partial charge in [-0.1, -0.05) is 44.6 Å². The molecule has 2 saturated carbocycles. The molecule has 0 aliphatic heterocycles. The Labute approximate surface area is 355 Å². The first-order chi connectivity index (χ1) is 28.8. The van der Waals surface area contributed by atoms with Crippen LogP contribution in [-0.4, -0.2) is 95.1 Å². The van der Waals surface area contributed by atoms with E-state index in [4.69, 9.17) is 35.3 Å². The molecule has 1 aromatic carbocycles. The summed E-state index contributed by atoms with van der Waals surface area (Å²) in [5.74, 6) is -3.96. The number of methoxy groups -OCH3 is 1. The molecule has 0 aromatic heterocycles. The van der Waals surface area contributed by atoms with Crippen molar-refractivity contribution >= 4 is 47.3 Å². The second-order valence-electron chi connectivity index (χ2n) is 16.0. The second kappa shape index (κ2) is 19.0. The van der Waals surface area contributed by atoms with Gasteiger partial charge in [-0.15, -0.1) is 31.8 Å². The third kappa shape index (κ3) is 9.36. The zero-order valence-corrected chi connectivity index (χ0v) is 34.9. The van der Waals surface area contributed by atoms with Crippen molar-refractivity contribution in [2.24, 2.45) is 28.6 Å². The number of unbranched alkanes of at least 4 members (excludes halogenated alkanes) is 1. The first kappa shape index (κ1) is 46.5. The lowest BCUT2D eigenvalue weighted by atomic mass is 9.46. The van der Waals surface area contributed by atoms with Crippen LogP contribution in [0.15, 0.2) is 48.1 Å². The van der Waals surface area contributed by atoms with E-state index in [1.54, 1.807) is 19.9 Å². The lowest BCUT2D eigenvalue weighted by Gasteiger charge is -2.63. The number of carbonyl (C=O) groups is 5. The van der Waals surface area contributed by atoms with Crippen LogP contribution >= 0.6 is 11.6 Å². The molecule has 0 saturated heterocycles. The van der Waals surface area contributed by atoms with Gasteiger partial charge in [-0.05, 0) is 80.2 Å². The van der Waals surface area contributed by atoms with E-state index in [1.807, 2.05) is 13.0 Å². The van der Waals surface area contributed by atoms with Crippen molar-refractivity contribution in [3.8, 4) is 11.5 Å². The zero-order valence-electron chi connectivity index (χ0n) is 34.2. The number of ether oxygens (including phenoxy) is 5. The van der Waals surface area contributed by atoms with Crippen LogP contribution in [0.25, 0.3) is 6.08 Å². The summed E-state index contributed by atoms with van der Waals surface area (Å²) in [6.07, 6.45) is 6.19. The minimum Gasteiger partial charge on any atom is -0.493 e. The number of ketones is 2. The Hall–Kier alpha value is -5.56. The Balaban J connectivity index is 1.31. The highest BCUT2D eigenvalue weighted by molar-refractivity contribution is 6.26. The topological polar surface area (TPSA) is 256 Å². The van der Waals surface area contributed by atoms with Crippen LogP contribution in [0.4, 0.5) is 4.79 Å². The van der Waals surface area contributed by atoms with Crippen LogP contribution in [-0.2, 0) is 43.1 Å². The number of carbonyl (C=O) groups excluding carboxylic acids is 5. The maximum Gasteiger partial charge on any atom is 0.514 e. The first-order valence-electron chi connectivity index (χ1n) is 19.8. The maximum absolute atomic E-state index is 14.7. The fraction of sp³-hybridized carbons (Fsp3) is 0.585. The van der Waals surface area contributed by atoms with Crippen LogP contribution in [0.3, 0.4) is 0 Å². The first-order valence-corrected chi connectivity index (χ1v) is 20.2. The normalized spacial score (nSPS) is 29.9. The van der Waals surface area contributed by atoms with Gasteiger partial charge in [-0.3, -0.25) is 14.4 Å². The predicted octanol–water partition coefficient (Wildman–Crippen LogP) is 5.48. The molecule has 1 aromatic rings. The van der Waals surface area contributed by atoms with Crippen LogP contribution in [0.2, 0.25) is 0 Å².